The molecule has 0 saturated heterocycles. The zero-order valence-corrected chi connectivity index (χ0v) is 14.2. The van der Waals surface area contributed by atoms with E-state index in [4.69, 9.17) is 0 Å². The first-order valence-electron chi connectivity index (χ1n) is 7.06. The number of carbonyl (C=O) groups is 2. The third-order valence-electron chi connectivity index (χ3n) is 2.60. The summed E-state index contributed by atoms with van der Waals surface area (Å²) in [5.41, 5.74) is -0.292. The Morgan fingerprint density at radius 1 is 1.29 bits per heavy atom. The summed E-state index contributed by atoms with van der Waals surface area (Å²) in [4.78, 5) is 25.8. The summed E-state index contributed by atoms with van der Waals surface area (Å²) in [7, 11) is 0. The largest absolute Gasteiger partial charge is 0.350 e. The minimum absolute atomic E-state index is 0.0199. The first kappa shape index (κ1) is 17.5. The van der Waals surface area contributed by atoms with Crippen molar-refractivity contribution in [2.45, 2.75) is 52.6 Å². The van der Waals surface area contributed by atoms with Gasteiger partial charge in [-0.2, -0.15) is 0 Å². The number of amides is 3. The summed E-state index contributed by atoms with van der Waals surface area (Å²) < 4.78 is 0. The van der Waals surface area contributed by atoms with E-state index < -0.39 is 0 Å². The van der Waals surface area contributed by atoms with Crippen LogP contribution in [0.3, 0.4) is 0 Å². The molecule has 1 atom stereocenters. The summed E-state index contributed by atoms with van der Waals surface area (Å²) in [5, 5.41) is 8.19. The lowest BCUT2D eigenvalue weighted by Crippen LogP contribution is -2.49. The van der Waals surface area contributed by atoms with Crippen molar-refractivity contribution in [3.05, 3.63) is 21.9 Å². The number of hydrogen-bond donors (Lipinski definition) is 3. The quantitative estimate of drug-likeness (QED) is 0.780. The smallest absolute Gasteiger partial charge is 0.315 e. The fourth-order valence-corrected chi connectivity index (χ4v) is 2.86. The molecule has 1 aromatic rings. The van der Waals surface area contributed by atoms with Crippen LogP contribution in [-0.4, -0.2) is 30.1 Å². The molecule has 6 heteroatoms. The molecule has 21 heavy (non-hydrogen) atoms. The fraction of sp³-hybridized carbons (Fsp3) is 0.600. The summed E-state index contributed by atoms with van der Waals surface area (Å²) >= 11 is 1.73. The lowest BCUT2D eigenvalue weighted by molar-refractivity contribution is -0.121. The van der Waals surface area contributed by atoms with Gasteiger partial charge in [-0.25, -0.2) is 4.79 Å². The maximum Gasteiger partial charge on any atom is 0.315 e. The predicted molar refractivity (Wildman–Crippen MR) is 86.7 cm³/mol. The normalized spacial score (nSPS) is 12.6. The SMILES string of the molecule is Cc1ccc(C[C@@H](C)NC(=O)NCC(=O)NC(C)(C)C)s1. The molecule has 118 valence electrons. The molecule has 0 aliphatic rings. The molecule has 1 aromatic heterocycles. The summed E-state index contributed by atoms with van der Waals surface area (Å²) in [6.45, 7) is 9.69. The zero-order valence-electron chi connectivity index (χ0n) is 13.4. The van der Waals surface area contributed by atoms with Crippen molar-refractivity contribution < 1.29 is 9.59 Å². The van der Waals surface area contributed by atoms with Gasteiger partial charge >= 0.3 is 6.03 Å². The van der Waals surface area contributed by atoms with Gasteiger partial charge in [0.15, 0.2) is 0 Å². The van der Waals surface area contributed by atoms with Crippen LogP contribution in [0.1, 0.15) is 37.4 Å². The number of rotatable bonds is 5. The average Bonchev–Trinajstić information content (AvgIpc) is 2.69. The Labute approximate surface area is 130 Å². The highest BCUT2D eigenvalue weighted by atomic mass is 32.1. The van der Waals surface area contributed by atoms with E-state index >= 15 is 0 Å². The molecule has 0 aliphatic heterocycles. The van der Waals surface area contributed by atoms with E-state index in [1.807, 2.05) is 27.7 Å². The van der Waals surface area contributed by atoms with E-state index in [2.05, 4.69) is 35.0 Å². The zero-order chi connectivity index (χ0) is 16.0. The standard InChI is InChI=1S/C15H25N3O2S/c1-10(8-12-7-6-11(2)21-12)17-14(20)16-9-13(19)18-15(3,4)5/h6-7,10H,8-9H2,1-5H3,(H,18,19)(H2,16,17,20)/t10-/m1/s1. The summed E-state index contributed by atoms with van der Waals surface area (Å²) in [6.07, 6.45) is 0.792. The first-order chi connectivity index (χ1) is 9.65. The molecule has 0 unspecified atom stereocenters. The van der Waals surface area contributed by atoms with Crippen LogP contribution in [0.15, 0.2) is 12.1 Å². The highest BCUT2D eigenvalue weighted by molar-refractivity contribution is 7.11. The Bertz CT molecular complexity index is 491. The molecule has 0 bridgehead atoms. The van der Waals surface area contributed by atoms with E-state index in [0.29, 0.717) is 0 Å². The second kappa shape index (κ2) is 7.45. The first-order valence-corrected chi connectivity index (χ1v) is 7.88. The molecule has 0 fully saturated rings. The topological polar surface area (TPSA) is 70.2 Å². The highest BCUT2D eigenvalue weighted by Gasteiger charge is 2.15. The molecule has 0 saturated carbocycles. The molecular formula is C15H25N3O2S. The van der Waals surface area contributed by atoms with Crippen molar-refractivity contribution in [1.29, 1.82) is 0 Å². The lowest BCUT2D eigenvalue weighted by Gasteiger charge is -2.21. The second-order valence-electron chi connectivity index (χ2n) is 6.24. The van der Waals surface area contributed by atoms with Gasteiger partial charge in [0, 0.05) is 27.8 Å². The minimum atomic E-state index is -0.320. The monoisotopic (exact) mass is 311 g/mol. The second-order valence-corrected chi connectivity index (χ2v) is 7.62. The number of carbonyl (C=O) groups excluding carboxylic acids is 2. The molecule has 0 aliphatic carbocycles. The van der Waals surface area contributed by atoms with Crippen LogP contribution in [-0.2, 0) is 11.2 Å². The molecule has 3 amide bonds. The fourth-order valence-electron chi connectivity index (χ4n) is 1.85. The predicted octanol–water partition coefficient (Wildman–Crippen LogP) is 2.20. The van der Waals surface area contributed by atoms with Crippen molar-refractivity contribution in [1.82, 2.24) is 16.0 Å². The van der Waals surface area contributed by atoms with E-state index in [1.54, 1.807) is 11.3 Å². The van der Waals surface area contributed by atoms with Crippen LogP contribution in [0.5, 0.6) is 0 Å². The van der Waals surface area contributed by atoms with Crippen LogP contribution in [0.2, 0.25) is 0 Å². The Morgan fingerprint density at radius 3 is 2.48 bits per heavy atom. The van der Waals surface area contributed by atoms with Gasteiger partial charge in [-0.15, -0.1) is 11.3 Å². The van der Waals surface area contributed by atoms with Crippen LogP contribution in [0.4, 0.5) is 4.79 Å². The van der Waals surface area contributed by atoms with Gasteiger partial charge in [0.25, 0.3) is 0 Å². The van der Waals surface area contributed by atoms with Crippen molar-refractivity contribution in [2.24, 2.45) is 0 Å². The van der Waals surface area contributed by atoms with Crippen molar-refractivity contribution in [3.63, 3.8) is 0 Å². The highest BCUT2D eigenvalue weighted by Crippen LogP contribution is 2.16. The molecule has 3 N–H and O–H groups in total. The average molecular weight is 311 g/mol. The molecule has 0 radical (unpaired) electrons. The Hall–Kier alpha value is -1.56. The van der Waals surface area contributed by atoms with Gasteiger partial charge in [-0.1, -0.05) is 0 Å². The van der Waals surface area contributed by atoms with Gasteiger partial charge in [0.05, 0.1) is 6.54 Å². The van der Waals surface area contributed by atoms with Gasteiger partial charge in [0.2, 0.25) is 5.91 Å². The molecule has 5 nitrogen and oxygen atoms in total. The van der Waals surface area contributed by atoms with E-state index in [9.17, 15) is 9.59 Å². The van der Waals surface area contributed by atoms with Crippen molar-refractivity contribution >= 4 is 23.3 Å². The maximum absolute atomic E-state index is 11.7. The minimum Gasteiger partial charge on any atom is -0.350 e. The van der Waals surface area contributed by atoms with Crippen molar-refractivity contribution in [2.75, 3.05) is 6.54 Å². The Balaban J connectivity index is 2.28. The summed E-state index contributed by atoms with van der Waals surface area (Å²) in [5.74, 6) is -0.195. The van der Waals surface area contributed by atoms with Crippen LogP contribution in [0.25, 0.3) is 0 Å². The van der Waals surface area contributed by atoms with E-state index in [0.717, 1.165) is 6.42 Å². The van der Waals surface area contributed by atoms with Crippen LogP contribution >= 0.6 is 11.3 Å². The molecular weight excluding hydrogens is 286 g/mol. The lowest BCUT2D eigenvalue weighted by atomic mass is 10.1. The van der Waals surface area contributed by atoms with E-state index in [1.165, 1.54) is 9.75 Å². The third-order valence-corrected chi connectivity index (χ3v) is 3.63. The number of thiophene rings is 1. The third kappa shape index (κ3) is 7.70. The maximum atomic E-state index is 11.7. The molecule has 0 spiro atoms. The number of urea groups is 1. The summed E-state index contributed by atoms with van der Waals surface area (Å²) in [6, 6.07) is 3.85. The van der Waals surface area contributed by atoms with Crippen molar-refractivity contribution in [3.8, 4) is 0 Å². The number of nitrogens with one attached hydrogen (secondary N) is 3. The Kier molecular flexibility index (Phi) is 6.20. The van der Waals surface area contributed by atoms with Crippen LogP contribution in [0, 0.1) is 6.92 Å². The van der Waals surface area contributed by atoms with Gasteiger partial charge in [-0.3, -0.25) is 4.79 Å². The van der Waals surface area contributed by atoms with E-state index in [-0.39, 0.29) is 30.1 Å². The van der Waals surface area contributed by atoms with Gasteiger partial charge < -0.3 is 16.0 Å². The number of hydrogen-bond acceptors (Lipinski definition) is 3. The van der Waals surface area contributed by atoms with Gasteiger partial charge in [0.1, 0.15) is 0 Å². The number of aryl methyl sites for hydroxylation is 1. The molecule has 0 aromatic carbocycles. The van der Waals surface area contributed by atoms with Gasteiger partial charge in [-0.05, 0) is 46.8 Å². The molecule has 1 heterocycles. The molecule has 1 rings (SSSR count). The Morgan fingerprint density at radius 2 is 1.95 bits per heavy atom. The van der Waals surface area contributed by atoms with Crippen LogP contribution < -0.4 is 16.0 Å².